The molecule has 2 aliphatic rings. The van der Waals surface area contributed by atoms with Crippen molar-refractivity contribution in [2.24, 2.45) is 17.8 Å². The predicted octanol–water partition coefficient (Wildman–Crippen LogP) is 2.66. The SMILES string of the molecule is COC(=O)[C@H]1[C@H]2CC[C@@H](C2)[C@H]1NC(=O)c1ccc(-c2cnco2)cc1. The van der Waals surface area contributed by atoms with Crippen molar-refractivity contribution < 1.29 is 18.7 Å². The Labute approximate surface area is 145 Å². The molecule has 2 bridgehead atoms. The molecule has 130 valence electrons. The highest BCUT2D eigenvalue weighted by Crippen LogP contribution is 2.49. The fourth-order valence-electron chi connectivity index (χ4n) is 4.35. The fourth-order valence-corrected chi connectivity index (χ4v) is 4.35. The molecule has 2 aromatic rings. The lowest BCUT2D eigenvalue weighted by atomic mass is 9.84. The third-order valence-electron chi connectivity index (χ3n) is 5.55. The Morgan fingerprint density at radius 3 is 2.64 bits per heavy atom. The van der Waals surface area contributed by atoms with Crippen LogP contribution in [0.25, 0.3) is 11.3 Å². The number of esters is 1. The van der Waals surface area contributed by atoms with E-state index >= 15 is 0 Å². The summed E-state index contributed by atoms with van der Waals surface area (Å²) in [5.74, 6) is 0.767. The Bertz CT molecular complexity index is 769. The molecular formula is C19H20N2O4. The number of aromatic nitrogens is 1. The van der Waals surface area contributed by atoms with Crippen molar-refractivity contribution in [1.29, 1.82) is 0 Å². The van der Waals surface area contributed by atoms with Crippen molar-refractivity contribution in [3.63, 3.8) is 0 Å². The van der Waals surface area contributed by atoms with Gasteiger partial charge in [-0.1, -0.05) is 12.1 Å². The van der Waals surface area contributed by atoms with E-state index in [4.69, 9.17) is 9.15 Å². The van der Waals surface area contributed by atoms with Crippen LogP contribution in [0.5, 0.6) is 0 Å². The average Bonchev–Trinajstić information content (AvgIpc) is 3.38. The number of ether oxygens (including phenoxy) is 1. The van der Waals surface area contributed by atoms with Crippen molar-refractivity contribution in [2.45, 2.75) is 25.3 Å². The van der Waals surface area contributed by atoms with E-state index in [1.54, 1.807) is 18.3 Å². The third-order valence-corrected chi connectivity index (χ3v) is 5.55. The number of hydrogen-bond donors (Lipinski definition) is 1. The van der Waals surface area contributed by atoms with Gasteiger partial charge in [-0.05, 0) is 43.2 Å². The highest BCUT2D eigenvalue weighted by Gasteiger charge is 2.52. The normalized spacial score (nSPS) is 27.2. The molecule has 1 amide bonds. The summed E-state index contributed by atoms with van der Waals surface area (Å²) in [6, 6.07) is 7.04. The maximum atomic E-state index is 12.6. The molecule has 6 nitrogen and oxygen atoms in total. The molecule has 25 heavy (non-hydrogen) atoms. The summed E-state index contributed by atoms with van der Waals surface area (Å²) in [5.41, 5.74) is 1.43. The lowest BCUT2D eigenvalue weighted by Crippen LogP contribution is -2.47. The van der Waals surface area contributed by atoms with E-state index in [2.05, 4.69) is 10.3 Å². The van der Waals surface area contributed by atoms with Crippen LogP contribution >= 0.6 is 0 Å². The van der Waals surface area contributed by atoms with E-state index < -0.39 is 0 Å². The van der Waals surface area contributed by atoms with Gasteiger partial charge in [0.2, 0.25) is 0 Å². The Kier molecular flexibility index (Phi) is 4.03. The number of hydrogen-bond acceptors (Lipinski definition) is 5. The second-order valence-corrected chi connectivity index (χ2v) is 6.82. The second-order valence-electron chi connectivity index (χ2n) is 6.82. The first-order valence-corrected chi connectivity index (χ1v) is 8.55. The molecular weight excluding hydrogens is 320 g/mol. The van der Waals surface area contributed by atoms with E-state index in [9.17, 15) is 9.59 Å². The first kappa shape index (κ1) is 15.9. The summed E-state index contributed by atoms with van der Waals surface area (Å²) in [6.07, 6.45) is 6.11. The van der Waals surface area contributed by atoms with Crippen LogP contribution < -0.4 is 5.32 Å². The Balaban J connectivity index is 1.49. The minimum atomic E-state index is -0.221. The van der Waals surface area contributed by atoms with Crippen LogP contribution in [-0.4, -0.2) is 30.0 Å². The van der Waals surface area contributed by atoms with Gasteiger partial charge in [-0.3, -0.25) is 9.59 Å². The van der Waals surface area contributed by atoms with E-state index in [0.717, 1.165) is 24.8 Å². The van der Waals surface area contributed by atoms with Crippen molar-refractivity contribution in [2.75, 3.05) is 7.11 Å². The molecule has 2 aliphatic carbocycles. The maximum Gasteiger partial charge on any atom is 0.311 e. The molecule has 4 rings (SSSR count). The number of carbonyl (C=O) groups excluding carboxylic acids is 2. The van der Waals surface area contributed by atoms with Gasteiger partial charge in [0.15, 0.2) is 12.2 Å². The van der Waals surface area contributed by atoms with Crippen LogP contribution in [0.2, 0.25) is 0 Å². The zero-order valence-electron chi connectivity index (χ0n) is 14.0. The van der Waals surface area contributed by atoms with Crippen molar-refractivity contribution in [1.82, 2.24) is 10.3 Å². The van der Waals surface area contributed by atoms with Gasteiger partial charge in [0.25, 0.3) is 5.91 Å². The second kappa shape index (κ2) is 6.35. The number of nitrogens with one attached hydrogen (secondary N) is 1. The van der Waals surface area contributed by atoms with Gasteiger partial charge < -0.3 is 14.5 Å². The summed E-state index contributed by atoms with van der Waals surface area (Å²) < 4.78 is 10.2. The number of methoxy groups -OCH3 is 1. The van der Waals surface area contributed by atoms with Crippen LogP contribution in [0.1, 0.15) is 29.6 Å². The number of benzene rings is 1. The molecule has 1 heterocycles. The van der Waals surface area contributed by atoms with Crippen LogP contribution in [-0.2, 0) is 9.53 Å². The molecule has 1 aromatic heterocycles. The zero-order valence-corrected chi connectivity index (χ0v) is 14.0. The van der Waals surface area contributed by atoms with Crippen molar-refractivity contribution in [3.05, 3.63) is 42.4 Å². The molecule has 0 unspecified atom stereocenters. The summed E-state index contributed by atoms with van der Waals surface area (Å²) in [5, 5.41) is 3.07. The van der Waals surface area contributed by atoms with Gasteiger partial charge >= 0.3 is 5.97 Å². The number of carbonyl (C=O) groups is 2. The van der Waals surface area contributed by atoms with E-state index in [-0.39, 0.29) is 23.8 Å². The summed E-state index contributed by atoms with van der Waals surface area (Å²) in [4.78, 5) is 28.6. The van der Waals surface area contributed by atoms with Gasteiger partial charge in [-0.25, -0.2) is 4.98 Å². The van der Waals surface area contributed by atoms with Gasteiger partial charge in [-0.2, -0.15) is 0 Å². The van der Waals surface area contributed by atoms with Crippen molar-refractivity contribution >= 4 is 11.9 Å². The minimum absolute atomic E-state index is 0.132. The lowest BCUT2D eigenvalue weighted by Gasteiger charge is -2.29. The topological polar surface area (TPSA) is 81.4 Å². The largest absolute Gasteiger partial charge is 0.469 e. The Hall–Kier alpha value is -2.63. The van der Waals surface area contributed by atoms with E-state index in [1.165, 1.54) is 13.5 Å². The molecule has 0 radical (unpaired) electrons. The highest BCUT2D eigenvalue weighted by molar-refractivity contribution is 5.95. The van der Waals surface area contributed by atoms with Crippen LogP contribution in [0.4, 0.5) is 0 Å². The van der Waals surface area contributed by atoms with Gasteiger partial charge in [0, 0.05) is 17.2 Å². The lowest BCUT2D eigenvalue weighted by molar-refractivity contribution is -0.148. The number of amides is 1. The summed E-state index contributed by atoms with van der Waals surface area (Å²) >= 11 is 0. The van der Waals surface area contributed by atoms with Gasteiger partial charge in [0.1, 0.15) is 0 Å². The molecule has 2 fully saturated rings. The van der Waals surface area contributed by atoms with Crippen LogP contribution in [0.15, 0.2) is 41.3 Å². The quantitative estimate of drug-likeness (QED) is 0.866. The molecule has 0 aliphatic heterocycles. The molecule has 1 aromatic carbocycles. The zero-order chi connectivity index (χ0) is 17.4. The molecule has 2 saturated carbocycles. The van der Waals surface area contributed by atoms with Crippen molar-refractivity contribution in [3.8, 4) is 11.3 Å². The first-order valence-electron chi connectivity index (χ1n) is 8.55. The fraction of sp³-hybridized carbons (Fsp3) is 0.421. The Morgan fingerprint density at radius 1 is 1.20 bits per heavy atom. The van der Waals surface area contributed by atoms with Crippen LogP contribution in [0, 0.1) is 17.8 Å². The maximum absolute atomic E-state index is 12.6. The average molecular weight is 340 g/mol. The minimum Gasteiger partial charge on any atom is -0.469 e. The number of nitrogens with zero attached hydrogens (tertiary/aromatic N) is 1. The highest BCUT2D eigenvalue weighted by atomic mass is 16.5. The predicted molar refractivity (Wildman–Crippen MR) is 89.5 cm³/mol. The number of rotatable bonds is 4. The summed E-state index contributed by atoms with van der Waals surface area (Å²) in [7, 11) is 1.41. The molecule has 0 spiro atoms. The van der Waals surface area contributed by atoms with E-state index in [0.29, 0.717) is 23.2 Å². The third kappa shape index (κ3) is 2.81. The molecule has 6 heteroatoms. The molecule has 1 N–H and O–H groups in total. The van der Waals surface area contributed by atoms with Crippen LogP contribution in [0.3, 0.4) is 0 Å². The first-order chi connectivity index (χ1) is 12.2. The smallest absolute Gasteiger partial charge is 0.311 e. The monoisotopic (exact) mass is 340 g/mol. The van der Waals surface area contributed by atoms with E-state index in [1.807, 2.05) is 12.1 Å². The molecule has 0 saturated heterocycles. The van der Waals surface area contributed by atoms with Gasteiger partial charge in [0.05, 0.1) is 19.2 Å². The standard InChI is InChI=1S/C19H20N2O4/c1-24-19(23)16-13-6-7-14(8-13)17(16)21-18(22)12-4-2-11(3-5-12)15-9-20-10-25-15/h2-5,9-10,13-14,16-17H,6-8H2,1H3,(H,21,22)/t13-,14-,16-,17+/m0/s1. The number of oxazole rings is 1. The number of fused-ring (bicyclic) bond motifs is 2. The Morgan fingerprint density at radius 2 is 1.96 bits per heavy atom. The summed E-state index contributed by atoms with van der Waals surface area (Å²) in [6.45, 7) is 0. The molecule has 4 atom stereocenters. The van der Waals surface area contributed by atoms with Gasteiger partial charge in [-0.15, -0.1) is 0 Å².